The van der Waals surface area contributed by atoms with Crippen LogP contribution in [0.2, 0.25) is 0 Å². The van der Waals surface area contributed by atoms with Crippen LogP contribution in [0.3, 0.4) is 0 Å². The third-order valence-electron chi connectivity index (χ3n) is 4.60. The summed E-state index contributed by atoms with van der Waals surface area (Å²) in [4.78, 5) is 14.7. The molecule has 3 rings (SSSR count). The van der Waals surface area contributed by atoms with E-state index in [1.54, 1.807) is 0 Å². The predicted octanol–water partition coefficient (Wildman–Crippen LogP) is -5.19. The maximum atomic E-state index is 11.1. The fourth-order valence-corrected chi connectivity index (χ4v) is 2.99. The zero-order chi connectivity index (χ0) is 20.6. The summed E-state index contributed by atoms with van der Waals surface area (Å²) in [6.45, 7) is -1.00. The first-order valence-electron chi connectivity index (χ1n) is 8.39. The molecule has 0 saturated carbocycles. The molecule has 0 aromatic carbocycles. The number of nitrogens with two attached hydrogens (primary N) is 1. The summed E-state index contributed by atoms with van der Waals surface area (Å²) in [5.41, 5.74) is 5.06. The Morgan fingerprint density at radius 2 is 1.75 bits per heavy atom. The van der Waals surface area contributed by atoms with Crippen LogP contribution >= 0.6 is 0 Å². The molecular formula is C14H22N4O10. The highest BCUT2D eigenvalue weighted by atomic mass is 16.7. The largest absolute Gasteiger partial charge is 0.394 e. The molecule has 1 aromatic heterocycles. The molecule has 3 heterocycles. The molecule has 2 aliphatic rings. The van der Waals surface area contributed by atoms with Crippen LogP contribution in [0.4, 0.5) is 0 Å². The second-order valence-electron chi connectivity index (χ2n) is 6.49. The molecule has 0 radical (unpaired) electrons. The van der Waals surface area contributed by atoms with E-state index in [2.05, 4.69) is 10.1 Å². The lowest BCUT2D eigenvalue weighted by atomic mass is 9.99. The average Bonchev–Trinajstić information content (AvgIpc) is 3.26. The van der Waals surface area contributed by atoms with Crippen molar-refractivity contribution >= 4 is 5.91 Å². The Hall–Kier alpha value is -1.75. The average molecular weight is 406 g/mol. The summed E-state index contributed by atoms with van der Waals surface area (Å²) < 4.78 is 17.0. The Kier molecular flexibility index (Phi) is 6.23. The van der Waals surface area contributed by atoms with E-state index in [-0.39, 0.29) is 12.4 Å². The van der Waals surface area contributed by atoms with Crippen LogP contribution < -0.4 is 5.73 Å². The van der Waals surface area contributed by atoms with E-state index in [4.69, 9.17) is 25.1 Å². The number of aliphatic hydroxyl groups excluding tert-OH is 6. The van der Waals surface area contributed by atoms with Crippen molar-refractivity contribution in [3.63, 3.8) is 0 Å². The van der Waals surface area contributed by atoms with Crippen molar-refractivity contribution in [3.8, 4) is 0 Å². The van der Waals surface area contributed by atoms with E-state index in [0.717, 1.165) is 11.0 Å². The summed E-state index contributed by atoms with van der Waals surface area (Å²) in [6.07, 6.45) is -11.4. The van der Waals surface area contributed by atoms with Gasteiger partial charge in [-0.25, -0.2) is 9.67 Å². The van der Waals surface area contributed by atoms with Crippen LogP contribution in [-0.2, 0) is 14.2 Å². The summed E-state index contributed by atoms with van der Waals surface area (Å²) in [7, 11) is 0. The van der Waals surface area contributed by atoms with Crippen molar-refractivity contribution in [2.75, 3.05) is 13.2 Å². The second kappa shape index (κ2) is 8.32. The molecule has 8 N–H and O–H groups in total. The van der Waals surface area contributed by atoms with Crippen LogP contribution in [0.25, 0.3) is 0 Å². The summed E-state index contributed by atoms with van der Waals surface area (Å²) in [6, 6.07) is 0. The van der Waals surface area contributed by atoms with E-state index in [1.807, 2.05) is 0 Å². The smallest absolute Gasteiger partial charge is 0.288 e. The van der Waals surface area contributed by atoms with Gasteiger partial charge in [0.05, 0.1) is 13.2 Å². The molecule has 0 bridgehead atoms. The monoisotopic (exact) mass is 406 g/mol. The SMILES string of the molecule is NC(=O)c1ncn([C@@H]2O[C@H](CO[C@@H]3O[C@H](CO)[C@@H](O)[C@H](O)[C@H]3O)[C@@H](O)[C@H]2O)n1. The second-order valence-corrected chi connectivity index (χ2v) is 6.49. The van der Waals surface area contributed by atoms with Gasteiger partial charge in [0.25, 0.3) is 5.91 Å². The van der Waals surface area contributed by atoms with E-state index >= 15 is 0 Å². The Balaban J connectivity index is 1.62. The van der Waals surface area contributed by atoms with Crippen molar-refractivity contribution in [1.29, 1.82) is 0 Å². The minimum atomic E-state index is -1.62. The first-order chi connectivity index (χ1) is 13.2. The first kappa shape index (κ1) is 21.0. The van der Waals surface area contributed by atoms with Gasteiger partial charge in [-0.05, 0) is 0 Å². The van der Waals surface area contributed by atoms with Gasteiger partial charge in [-0.2, -0.15) is 0 Å². The third-order valence-corrected chi connectivity index (χ3v) is 4.60. The van der Waals surface area contributed by atoms with Crippen molar-refractivity contribution < 1.29 is 49.6 Å². The number of carbonyl (C=O) groups excluding carboxylic acids is 1. The van der Waals surface area contributed by atoms with Gasteiger partial charge in [0.15, 0.2) is 12.5 Å². The minimum absolute atomic E-state index is 0.300. The molecule has 14 heteroatoms. The number of aromatic nitrogens is 3. The zero-order valence-electron chi connectivity index (χ0n) is 14.4. The fraction of sp³-hybridized carbons (Fsp3) is 0.786. The Labute approximate surface area is 157 Å². The molecule has 9 atom stereocenters. The van der Waals surface area contributed by atoms with Gasteiger partial charge >= 0.3 is 0 Å². The molecule has 0 unspecified atom stereocenters. The number of ether oxygens (including phenoxy) is 3. The van der Waals surface area contributed by atoms with E-state index in [1.165, 1.54) is 0 Å². The van der Waals surface area contributed by atoms with Gasteiger partial charge in [0.1, 0.15) is 49.1 Å². The Morgan fingerprint density at radius 1 is 1.07 bits per heavy atom. The molecule has 28 heavy (non-hydrogen) atoms. The van der Waals surface area contributed by atoms with Crippen LogP contribution in [0.1, 0.15) is 16.8 Å². The van der Waals surface area contributed by atoms with Crippen molar-refractivity contribution in [3.05, 3.63) is 12.2 Å². The lowest BCUT2D eigenvalue weighted by molar-refractivity contribution is -0.306. The summed E-state index contributed by atoms with van der Waals surface area (Å²) >= 11 is 0. The predicted molar refractivity (Wildman–Crippen MR) is 84.2 cm³/mol. The van der Waals surface area contributed by atoms with Crippen LogP contribution in [0.15, 0.2) is 6.33 Å². The highest BCUT2D eigenvalue weighted by Gasteiger charge is 2.47. The number of primary amides is 1. The lowest BCUT2D eigenvalue weighted by Gasteiger charge is -2.39. The number of hydrogen-bond acceptors (Lipinski definition) is 12. The number of nitrogens with zero attached hydrogens (tertiary/aromatic N) is 3. The minimum Gasteiger partial charge on any atom is -0.394 e. The maximum Gasteiger partial charge on any atom is 0.288 e. The number of hydrogen-bond donors (Lipinski definition) is 7. The molecule has 2 aliphatic heterocycles. The normalized spacial score (nSPS) is 41.3. The van der Waals surface area contributed by atoms with Crippen molar-refractivity contribution in [1.82, 2.24) is 14.8 Å². The van der Waals surface area contributed by atoms with Crippen molar-refractivity contribution in [2.24, 2.45) is 5.73 Å². The number of amides is 1. The van der Waals surface area contributed by atoms with E-state index < -0.39 is 67.8 Å². The standard InChI is InChI=1S/C14H22N4O10/c15-11(25)12-16-3-18(17-12)13-9(23)7(21)5(27-13)2-26-14-10(24)8(22)6(20)4(1-19)28-14/h3-10,13-14,19-24H,1-2H2,(H2,15,25)/t4-,5-,6-,7-,8+,9-,10-,13-,14-/m1/s1. The number of carbonyl (C=O) groups is 1. The Morgan fingerprint density at radius 3 is 2.36 bits per heavy atom. The molecule has 0 spiro atoms. The molecule has 0 aliphatic carbocycles. The number of aliphatic hydroxyl groups is 6. The Bertz CT molecular complexity index is 687. The van der Waals surface area contributed by atoms with Crippen LogP contribution in [0.5, 0.6) is 0 Å². The third kappa shape index (κ3) is 3.86. The highest BCUT2D eigenvalue weighted by Crippen LogP contribution is 2.30. The van der Waals surface area contributed by atoms with Gasteiger partial charge in [-0.1, -0.05) is 0 Å². The topological polar surface area (TPSA) is 223 Å². The highest BCUT2D eigenvalue weighted by molar-refractivity contribution is 5.88. The molecule has 1 aromatic rings. The van der Waals surface area contributed by atoms with Gasteiger partial charge in [-0.3, -0.25) is 4.79 Å². The molecule has 1 amide bonds. The number of rotatable bonds is 6. The van der Waals surface area contributed by atoms with Gasteiger partial charge in [-0.15, -0.1) is 5.10 Å². The first-order valence-corrected chi connectivity index (χ1v) is 8.39. The fourth-order valence-electron chi connectivity index (χ4n) is 2.99. The molecule has 158 valence electrons. The van der Waals surface area contributed by atoms with Gasteiger partial charge in [0, 0.05) is 0 Å². The lowest BCUT2D eigenvalue weighted by Crippen LogP contribution is -2.59. The van der Waals surface area contributed by atoms with Crippen LogP contribution in [0, 0.1) is 0 Å². The summed E-state index contributed by atoms with van der Waals surface area (Å²) in [5.74, 6) is -1.18. The van der Waals surface area contributed by atoms with Crippen molar-refractivity contribution in [2.45, 2.75) is 55.2 Å². The molecular weight excluding hydrogens is 384 g/mol. The van der Waals surface area contributed by atoms with Gasteiger partial charge < -0.3 is 50.6 Å². The quantitative estimate of drug-likeness (QED) is 0.235. The summed E-state index contributed by atoms with van der Waals surface area (Å²) in [5, 5.41) is 62.6. The zero-order valence-corrected chi connectivity index (χ0v) is 14.4. The maximum absolute atomic E-state index is 11.1. The van der Waals surface area contributed by atoms with Gasteiger partial charge in [0.2, 0.25) is 5.82 Å². The molecule has 14 nitrogen and oxygen atoms in total. The van der Waals surface area contributed by atoms with E-state index in [9.17, 15) is 30.3 Å². The van der Waals surface area contributed by atoms with Crippen LogP contribution in [-0.4, -0.2) is 114 Å². The molecule has 2 saturated heterocycles. The molecule has 2 fully saturated rings. The van der Waals surface area contributed by atoms with E-state index in [0.29, 0.717) is 0 Å².